The van der Waals surface area contributed by atoms with Crippen LogP contribution < -0.4 is 0 Å². The Hall–Kier alpha value is -1.86. The van der Waals surface area contributed by atoms with Gasteiger partial charge in [0, 0.05) is 58.6 Å². The molecule has 1 amide bonds. The second-order valence-electron chi connectivity index (χ2n) is 5.56. The van der Waals surface area contributed by atoms with Crippen molar-refractivity contribution in [1.82, 2.24) is 29.4 Å². The number of rotatable bonds is 3. The van der Waals surface area contributed by atoms with Crippen LogP contribution in [0.2, 0.25) is 5.02 Å². The van der Waals surface area contributed by atoms with E-state index in [2.05, 4.69) is 15.1 Å². The van der Waals surface area contributed by atoms with Crippen molar-refractivity contribution in [2.24, 2.45) is 14.1 Å². The number of aryl methyl sites for hydroxylation is 2. The lowest BCUT2D eigenvalue weighted by Gasteiger charge is -2.34. The zero-order valence-electron chi connectivity index (χ0n) is 12.7. The van der Waals surface area contributed by atoms with Crippen LogP contribution in [0, 0.1) is 0 Å². The summed E-state index contributed by atoms with van der Waals surface area (Å²) in [6.07, 6.45) is 5.41. The average Bonchev–Trinajstić information content (AvgIpc) is 3.05. The van der Waals surface area contributed by atoms with Gasteiger partial charge in [-0.2, -0.15) is 10.2 Å². The second-order valence-corrected chi connectivity index (χ2v) is 5.96. The topological polar surface area (TPSA) is 59.2 Å². The normalized spacial score (nSPS) is 16.2. The van der Waals surface area contributed by atoms with Crippen LogP contribution in [0.5, 0.6) is 0 Å². The molecule has 0 aliphatic carbocycles. The van der Waals surface area contributed by atoms with Crippen LogP contribution in [0.15, 0.2) is 18.6 Å². The van der Waals surface area contributed by atoms with Crippen LogP contribution in [0.25, 0.3) is 0 Å². The number of halogens is 1. The van der Waals surface area contributed by atoms with E-state index in [1.165, 1.54) is 16.4 Å². The largest absolute Gasteiger partial charge is 0.335 e. The number of piperazine rings is 1. The molecule has 7 nitrogen and oxygen atoms in total. The van der Waals surface area contributed by atoms with Gasteiger partial charge in [-0.15, -0.1) is 0 Å². The van der Waals surface area contributed by atoms with Gasteiger partial charge in [-0.25, -0.2) is 0 Å². The first kappa shape index (κ1) is 15.1. The lowest BCUT2D eigenvalue weighted by Crippen LogP contribution is -2.48. The standard InChI is InChI=1S/C14H19ClN6O/c1-18-9-11(7-16-18)10-20-3-5-21(6-4-20)14(22)13-12(15)8-17-19(13)2/h7-9H,3-6,10H2,1-2H3. The van der Waals surface area contributed by atoms with Gasteiger partial charge in [-0.05, 0) is 0 Å². The van der Waals surface area contributed by atoms with Crippen molar-refractivity contribution < 1.29 is 4.79 Å². The van der Waals surface area contributed by atoms with E-state index >= 15 is 0 Å². The van der Waals surface area contributed by atoms with E-state index < -0.39 is 0 Å². The zero-order valence-corrected chi connectivity index (χ0v) is 13.5. The molecule has 1 aliphatic heterocycles. The Kier molecular flexibility index (Phi) is 4.17. The maximum atomic E-state index is 12.5. The summed E-state index contributed by atoms with van der Waals surface area (Å²) in [5, 5.41) is 8.61. The molecule has 0 spiro atoms. The highest BCUT2D eigenvalue weighted by Crippen LogP contribution is 2.17. The van der Waals surface area contributed by atoms with Crippen molar-refractivity contribution in [3.63, 3.8) is 0 Å². The first-order chi connectivity index (χ1) is 10.5. The minimum absolute atomic E-state index is 0.0500. The molecule has 1 saturated heterocycles. The van der Waals surface area contributed by atoms with E-state index in [9.17, 15) is 4.79 Å². The van der Waals surface area contributed by atoms with Crippen molar-refractivity contribution in [3.05, 3.63) is 34.9 Å². The minimum Gasteiger partial charge on any atom is -0.335 e. The minimum atomic E-state index is -0.0500. The predicted molar refractivity (Wildman–Crippen MR) is 82.6 cm³/mol. The van der Waals surface area contributed by atoms with Crippen molar-refractivity contribution in [1.29, 1.82) is 0 Å². The van der Waals surface area contributed by atoms with Crippen molar-refractivity contribution in [2.75, 3.05) is 26.2 Å². The van der Waals surface area contributed by atoms with Gasteiger partial charge in [-0.3, -0.25) is 19.1 Å². The Morgan fingerprint density at radius 2 is 1.91 bits per heavy atom. The van der Waals surface area contributed by atoms with Crippen molar-refractivity contribution in [2.45, 2.75) is 6.54 Å². The van der Waals surface area contributed by atoms with Crippen molar-refractivity contribution in [3.8, 4) is 0 Å². The number of carbonyl (C=O) groups is 1. The highest BCUT2D eigenvalue weighted by atomic mass is 35.5. The molecule has 1 aliphatic rings. The van der Waals surface area contributed by atoms with E-state index in [4.69, 9.17) is 11.6 Å². The van der Waals surface area contributed by atoms with Gasteiger partial charge in [0.2, 0.25) is 0 Å². The predicted octanol–water partition coefficient (Wildman–Crippen LogP) is 0.765. The van der Waals surface area contributed by atoms with Gasteiger partial charge in [0.05, 0.1) is 17.4 Å². The third kappa shape index (κ3) is 3.00. The van der Waals surface area contributed by atoms with Gasteiger partial charge < -0.3 is 4.90 Å². The molecule has 118 valence electrons. The molecule has 0 N–H and O–H groups in total. The second kappa shape index (κ2) is 6.10. The van der Waals surface area contributed by atoms with Crippen molar-refractivity contribution >= 4 is 17.5 Å². The number of aromatic nitrogens is 4. The molecule has 0 radical (unpaired) electrons. The van der Waals surface area contributed by atoms with E-state index in [-0.39, 0.29) is 5.91 Å². The Morgan fingerprint density at radius 3 is 2.45 bits per heavy atom. The van der Waals surface area contributed by atoms with E-state index in [1.807, 2.05) is 24.3 Å². The zero-order chi connectivity index (χ0) is 15.7. The molecule has 0 bridgehead atoms. The first-order valence-corrected chi connectivity index (χ1v) is 7.59. The molecule has 2 aromatic heterocycles. The van der Waals surface area contributed by atoms with E-state index in [0.717, 1.165) is 19.6 Å². The molecule has 1 fully saturated rings. The summed E-state index contributed by atoms with van der Waals surface area (Å²) < 4.78 is 3.34. The van der Waals surface area contributed by atoms with Gasteiger partial charge >= 0.3 is 0 Å². The first-order valence-electron chi connectivity index (χ1n) is 7.21. The Morgan fingerprint density at radius 1 is 1.18 bits per heavy atom. The summed E-state index contributed by atoms with van der Waals surface area (Å²) >= 11 is 6.05. The Balaban J connectivity index is 1.58. The fourth-order valence-corrected chi connectivity index (χ4v) is 2.97. The molecule has 22 heavy (non-hydrogen) atoms. The van der Waals surface area contributed by atoms with Crippen LogP contribution in [-0.4, -0.2) is 61.4 Å². The average molecular weight is 323 g/mol. The van der Waals surface area contributed by atoms with E-state index in [1.54, 1.807) is 11.7 Å². The van der Waals surface area contributed by atoms with Gasteiger partial charge in [-0.1, -0.05) is 11.6 Å². The lowest BCUT2D eigenvalue weighted by atomic mass is 10.2. The number of carbonyl (C=O) groups excluding carboxylic acids is 1. The summed E-state index contributed by atoms with van der Waals surface area (Å²) in [4.78, 5) is 16.7. The van der Waals surface area contributed by atoms with E-state index in [0.29, 0.717) is 23.8 Å². The quantitative estimate of drug-likeness (QED) is 0.837. The fourth-order valence-electron chi connectivity index (χ4n) is 2.72. The summed E-state index contributed by atoms with van der Waals surface area (Å²) in [7, 11) is 3.65. The molecule has 0 saturated carbocycles. The Labute approximate surface area is 134 Å². The summed E-state index contributed by atoms with van der Waals surface area (Å²) in [5.41, 5.74) is 1.65. The van der Waals surface area contributed by atoms with Crippen LogP contribution in [0.4, 0.5) is 0 Å². The molecule has 3 heterocycles. The third-order valence-electron chi connectivity index (χ3n) is 3.92. The van der Waals surface area contributed by atoms with Crippen LogP contribution in [0.3, 0.4) is 0 Å². The van der Waals surface area contributed by atoms with Gasteiger partial charge in [0.15, 0.2) is 0 Å². The molecule has 0 atom stereocenters. The molecule has 3 rings (SSSR count). The highest BCUT2D eigenvalue weighted by Gasteiger charge is 2.26. The number of hydrogen-bond acceptors (Lipinski definition) is 4. The van der Waals surface area contributed by atoms with Crippen LogP contribution in [0.1, 0.15) is 16.1 Å². The highest BCUT2D eigenvalue weighted by molar-refractivity contribution is 6.33. The number of hydrogen-bond donors (Lipinski definition) is 0. The summed E-state index contributed by atoms with van der Waals surface area (Å²) in [5.74, 6) is -0.0500. The molecule has 8 heteroatoms. The smallest absolute Gasteiger partial charge is 0.273 e. The van der Waals surface area contributed by atoms with Crippen LogP contribution >= 0.6 is 11.6 Å². The maximum Gasteiger partial charge on any atom is 0.273 e. The van der Waals surface area contributed by atoms with Gasteiger partial charge in [0.1, 0.15) is 5.69 Å². The number of nitrogens with zero attached hydrogens (tertiary/aromatic N) is 6. The lowest BCUT2D eigenvalue weighted by molar-refractivity contribution is 0.0618. The molecule has 0 aromatic carbocycles. The molecular formula is C14H19ClN6O. The third-order valence-corrected chi connectivity index (χ3v) is 4.20. The number of amides is 1. The maximum absolute atomic E-state index is 12.5. The fraction of sp³-hybridized carbons (Fsp3) is 0.500. The van der Waals surface area contributed by atoms with Crippen LogP contribution in [-0.2, 0) is 20.6 Å². The Bertz CT molecular complexity index is 651. The SMILES string of the molecule is Cn1cc(CN2CCN(C(=O)c3c(Cl)cnn3C)CC2)cn1. The summed E-state index contributed by atoms with van der Waals surface area (Å²) in [6, 6.07) is 0. The molecular weight excluding hydrogens is 304 g/mol. The van der Waals surface area contributed by atoms with Gasteiger partial charge in [0.25, 0.3) is 5.91 Å². The summed E-state index contributed by atoms with van der Waals surface area (Å²) in [6.45, 7) is 3.94. The molecule has 2 aromatic rings. The molecule has 0 unspecified atom stereocenters. The monoisotopic (exact) mass is 322 g/mol.